The molecule has 0 radical (unpaired) electrons. The highest BCUT2D eigenvalue weighted by Gasteiger charge is 2.20. The van der Waals surface area contributed by atoms with Gasteiger partial charge in [-0.2, -0.15) is 0 Å². The molecule has 0 spiro atoms. The van der Waals surface area contributed by atoms with E-state index in [9.17, 15) is 13.2 Å². The van der Waals surface area contributed by atoms with Crippen LogP contribution in [0.4, 0.5) is 5.69 Å². The van der Waals surface area contributed by atoms with Crippen molar-refractivity contribution in [3.05, 3.63) is 65.7 Å². The summed E-state index contributed by atoms with van der Waals surface area (Å²) in [5.74, 6) is -0.0991. The Kier molecular flexibility index (Phi) is 7.83. The first-order chi connectivity index (χ1) is 12.5. The number of carbonyl (C=O) groups is 1. The Morgan fingerprint density at radius 1 is 1.00 bits per heavy atom. The summed E-state index contributed by atoms with van der Waals surface area (Å²) in [6, 6.07) is 16.1. The average molecular weight is 409 g/mol. The second kappa shape index (κ2) is 9.88. The van der Waals surface area contributed by atoms with E-state index in [0.717, 1.165) is 31.4 Å². The van der Waals surface area contributed by atoms with E-state index in [-0.39, 0.29) is 35.9 Å². The first-order valence-corrected chi connectivity index (χ1v) is 10.7. The number of piperidine rings is 1. The SMILES string of the molecule is Cl.O=C(Nc1cccc(CS(=O)(=O)Cc2ccccc2)c1)C1CCCCN1. The van der Waals surface area contributed by atoms with Gasteiger partial charge in [0.2, 0.25) is 5.91 Å². The second-order valence-electron chi connectivity index (χ2n) is 6.71. The molecule has 2 N–H and O–H groups in total. The quantitative estimate of drug-likeness (QED) is 0.768. The molecule has 1 fully saturated rings. The highest BCUT2D eigenvalue weighted by molar-refractivity contribution is 7.89. The van der Waals surface area contributed by atoms with Gasteiger partial charge in [-0.05, 0) is 42.6 Å². The number of sulfone groups is 1. The van der Waals surface area contributed by atoms with Crippen molar-refractivity contribution in [2.45, 2.75) is 36.8 Å². The summed E-state index contributed by atoms with van der Waals surface area (Å²) in [5, 5.41) is 6.10. The Hall–Kier alpha value is -1.89. The lowest BCUT2D eigenvalue weighted by Crippen LogP contribution is -2.43. The number of amides is 1. The number of hydrogen-bond acceptors (Lipinski definition) is 4. The predicted molar refractivity (Wildman–Crippen MR) is 111 cm³/mol. The average Bonchev–Trinajstić information content (AvgIpc) is 2.62. The van der Waals surface area contributed by atoms with Crippen molar-refractivity contribution in [1.29, 1.82) is 0 Å². The maximum atomic E-state index is 12.5. The summed E-state index contributed by atoms with van der Waals surface area (Å²) in [5.41, 5.74) is 2.09. The molecule has 5 nitrogen and oxygen atoms in total. The van der Waals surface area contributed by atoms with Crippen molar-refractivity contribution in [1.82, 2.24) is 5.32 Å². The third-order valence-electron chi connectivity index (χ3n) is 4.44. The Morgan fingerprint density at radius 3 is 2.41 bits per heavy atom. The summed E-state index contributed by atoms with van der Waals surface area (Å²) in [6.07, 6.45) is 2.97. The van der Waals surface area contributed by atoms with Gasteiger partial charge in [0.25, 0.3) is 0 Å². The van der Waals surface area contributed by atoms with Gasteiger partial charge in [-0.1, -0.05) is 48.9 Å². The highest BCUT2D eigenvalue weighted by atomic mass is 35.5. The largest absolute Gasteiger partial charge is 0.325 e. The molecule has 0 aromatic heterocycles. The zero-order valence-electron chi connectivity index (χ0n) is 15.1. The van der Waals surface area contributed by atoms with E-state index in [1.807, 2.05) is 30.3 Å². The van der Waals surface area contributed by atoms with Crippen LogP contribution in [0.3, 0.4) is 0 Å². The van der Waals surface area contributed by atoms with Gasteiger partial charge < -0.3 is 10.6 Å². The van der Waals surface area contributed by atoms with Gasteiger partial charge in [0.05, 0.1) is 17.5 Å². The minimum Gasteiger partial charge on any atom is -0.325 e. The number of hydrogen-bond donors (Lipinski definition) is 2. The van der Waals surface area contributed by atoms with E-state index in [2.05, 4.69) is 10.6 Å². The molecule has 1 heterocycles. The topological polar surface area (TPSA) is 75.3 Å². The molecule has 0 saturated carbocycles. The van der Waals surface area contributed by atoms with E-state index in [4.69, 9.17) is 0 Å². The lowest BCUT2D eigenvalue weighted by atomic mass is 10.0. The van der Waals surface area contributed by atoms with Crippen molar-refractivity contribution >= 4 is 33.8 Å². The molecule has 27 heavy (non-hydrogen) atoms. The van der Waals surface area contributed by atoms with Crippen LogP contribution < -0.4 is 10.6 Å². The van der Waals surface area contributed by atoms with Gasteiger partial charge >= 0.3 is 0 Å². The van der Waals surface area contributed by atoms with Gasteiger partial charge in [0.15, 0.2) is 9.84 Å². The van der Waals surface area contributed by atoms with Gasteiger partial charge in [0, 0.05) is 5.69 Å². The molecule has 1 unspecified atom stereocenters. The number of carbonyl (C=O) groups excluding carboxylic acids is 1. The zero-order chi connectivity index (χ0) is 18.4. The van der Waals surface area contributed by atoms with Crippen molar-refractivity contribution in [3.8, 4) is 0 Å². The minimum atomic E-state index is -3.28. The first kappa shape index (κ1) is 21.4. The van der Waals surface area contributed by atoms with Gasteiger partial charge in [-0.15, -0.1) is 12.4 Å². The number of nitrogens with one attached hydrogen (secondary N) is 2. The number of rotatable bonds is 6. The van der Waals surface area contributed by atoms with E-state index < -0.39 is 9.84 Å². The summed E-state index contributed by atoms with van der Waals surface area (Å²) in [4.78, 5) is 12.3. The van der Waals surface area contributed by atoms with E-state index >= 15 is 0 Å². The van der Waals surface area contributed by atoms with Crippen molar-refractivity contribution in [2.75, 3.05) is 11.9 Å². The molecule has 2 aromatic rings. The van der Waals surface area contributed by atoms with Crippen molar-refractivity contribution in [3.63, 3.8) is 0 Å². The van der Waals surface area contributed by atoms with Crippen molar-refractivity contribution < 1.29 is 13.2 Å². The molecule has 1 aliphatic rings. The smallest absolute Gasteiger partial charge is 0.241 e. The molecular weight excluding hydrogens is 384 g/mol. The maximum absolute atomic E-state index is 12.5. The normalized spacial score (nSPS) is 17.0. The predicted octanol–water partition coefficient (Wildman–Crippen LogP) is 3.30. The molecule has 7 heteroatoms. The van der Waals surface area contributed by atoms with E-state index in [1.54, 1.807) is 24.3 Å². The first-order valence-electron chi connectivity index (χ1n) is 8.89. The van der Waals surface area contributed by atoms with Crippen LogP contribution >= 0.6 is 12.4 Å². The third-order valence-corrected chi connectivity index (χ3v) is 5.98. The molecule has 2 aromatic carbocycles. The van der Waals surface area contributed by atoms with Crippen LogP contribution in [-0.4, -0.2) is 26.9 Å². The molecule has 1 atom stereocenters. The summed E-state index contributed by atoms with van der Waals surface area (Å²) in [7, 11) is -3.28. The molecular formula is C20H25ClN2O3S. The van der Waals surface area contributed by atoms with Crippen LogP contribution in [0.1, 0.15) is 30.4 Å². The fourth-order valence-corrected chi connectivity index (χ4v) is 4.67. The highest BCUT2D eigenvalue weighted by Crippen LogP contribution is 2.17. The Bertz CT molecular complexity index is 851. The number of halogens is 1. The van der Waals surface area contributed by atoms with Crippen LogP contribution in [0.25, 0.3) is 0 Å². The molecule has 0 aliphatic carbocycles. The molecule has 3 rings (SSSR count). The Morgan fingerprint density at radius 2 is 1.70 bits per heavy atom. The number of anilines is 1. The van der Waals surface area contributed by atoms with E-state index in [1.165, 1.54) is 0 Å². The van der Waals surface area contributed by atoms with Crippen LogP contribution in [0, 0.1) is 0 Å². The Labute approximate surface area is 166 Å². The fraction of sp³-hybridized carbons (Fsp3) is 0.350. The standard InChI is InChI=1S/C20H24N2O3S.ClH/c23-20(19-11-4-5-12-21-19)22-18-10-6-9-17(13-18)15-26(24,25)14-16-7-2-1-3-8-16;/h1-3,6-10,13,19,21H,4-5,11-12,14-15H2,(H,22,23);1H. The summed E-state index contributed by atoms with van der Waals surface area (Å²) < 4.78 is 24.9. The summed E-state index contributed by atoms with van der Waals surface area (Å²) in [6.45, 7) is 0.857. The zero-order valence-corrected chi connectivity index (χ0v) is 16.7. The van der Waals surface area contributed by atoms with E-state index in [0.29, 0.717) is 11.3 Å². The van der Waals surface area contributed by atoms with Gasteiger partial charge in [0.1, 0.15) is 0 Å². The molecule has 1 amide bonds. The molecule has 1 saturated heterocycles. The minimum absolute atomic E-state index is 0. The van der Waals surface area contributed by atoms with Crippen molar-refractivity contribution in [2.24, 2.45) is 0 Å². The lowest BCUT2D eigenvalue weighted by Gasteiger charge is -2.22. The monoisotopic (exact) mass is 408 g/mol. The van der Waals surface area contributed by atoms with Crippen LogP contribution in [0.2, 0.25) is 0 Å². The Balaban J connectivity index is 0.00000261. The maximum Gasteiger partial charge on any atom is 0.241 e. The molecule has 1 aliphatic heterocycles. The third kappa shape index (κ3) is 6.65. The van der Waals surface area contributed by atoms with Crippen LogP contribution in [0.5, 0.6) is 0 Å². The number of benzene rings is 2. The van der Waals surface area contributed by atoms with Crippen LogP contribution in [0.15, 0.2) is 54.6 Å². The van der Waals surface area contributed by atoms with Gasteiger partial charge in [-0.25, -0.2) is 8.42 Å². The molecule has 146 valence electrons. The van der Waals surface area contributed by atoms with Gasteiger partial charge in [-0.3, -0.25) is 4.79 Å². The summed E-state index contributed by atoms with van der Waals surface area (Å²) >= 11 is 0. The van der Waals surface area contributed by atoms with Crippen LogP contribution in [-0.2, 0) is 26.1 Å². The fourth-order valence-electron chi connectivity index (χ4n) is 3.18. The second-order valence-corrected chi connectivity index (χ2v) is 8.77. The molecule has 0 bridgehead atoms. The lowest BCUT2D eigenvalue weighted by molar-refractivity contribution is -0.118.